The lowest BCUT2D eigenvalue weighted by Gasteiger charge is -2.19. The molecule has 0 rings (SSSR count). The molecule has 0 fully saturated rings. The van der Waals surface area contributed by atoms with Crippen LogP contribution >= 0.6 is 0 Å². The van der Waals surface area contributed by atoms with E-state index in [0.29, 0.717) is 12.8 Å². The van der Waals surface area contributed by atoms with Crippen molar-refractivity contribution in [2.45, 2.75) is 122 Å². The Morgan fingerprint density at radius 1 is 0.680 bits per heavy atom. The molecule has 0 aliphatic heterocycles. The van der Waals surface area contributed by atoms with E-state index in [4.69, 9.17) is 0 Å². The maximum atomic E-state index is 12.6. The van der Waals surface area contributed by atoms with E-state index in [0.717, 1.165) is 57.8 Å². The van der Waals surface area contributed by atoms with Gasteiger partial charge in [0.2, 0.25) is 0 Å². The van der Waals surface area contributed by atoms with Gasteiger partial charge < -0.3 is 5.11 Å². The Morgan fingerprint density at radius 2 is 1.08 bits per heavy atom. The average Bonchev–Trinajstić information content (AvgIpc) is 2.55. The fraction of sp³-hybridized carbons (Fsp3) is 1.00. The lowest BCUT2D eigenvalue weighted by molar-refractivity contribution is -0.284. The van der Waals surface area contributed by atoms with Crippen LogP contribution in [-0.2, 0) is 0 Å². The lowest BCUT2D eigenvalue weighted by atomic mass is 10.0. The molecule has 0 aromatic heterocycles. The zero-order valence-corrected chi connectivity index (χ0v) is 16.1. The van der Waals surface area contributed by atoms with Crippen LogP contribution < -0.4 is 0 Å². The van der Waals surface area contributed by atoms with E-state index >= 15 is 0 Å². The van der Waals surface area contributed by atoms with E-state index < -0.39 is 18.5 Å². The van der Waals surface area contributed by atoms with Gasteiger partial charge in [-0.15, -0.1) is 0 Å². The molecule has 1 atom stereocenters. The Kier molecular flexibility index (Phi) is 17.0. The first-order valence-electron chi connectivity index (χ1n) is 9.83. The summed E-state index contributed by atoms with van der Waals surface area (Å²) >= 11 is 0. The summed E-state index contributed by atoms with van der Waals surface area (Å²) in [7, 11) is 0. The Labute approximate surface area is 150 Å². The van der Waals surface area contributed by atoms with Crippen molar-refractivity contribution in [1.29, 1.82) is 0 Å². The molecule has 0 aromatic carbocycles. The van der Waals surface area contributed by atoms with Gasteiger partial charge in [-0.3, -0.25) is 0 Å². The second-order valence-electron chi connectivity index (χ2n) is 6.37. The third-order valence-electron chi connectivity index (χ3n) is 4.08. The van der Waals surface area contributed by atoms with Gasteiger partial charge in [0.1, 0.15) is 0 Å². The van der Waals surface area contributed by atoms with Gasteiger partial charge in [-0.25, -0.2) is 0 Å². The number of hydrogen-bond donors (Lipinski definition) is 1. The van der Waals surface area contributed by atoms with Gasteiger partial charge in [-0.2, -0.15) is 22.0 Å². The second-order valence-corrected chi connectivity index (χ2v) is 6.37. The maximum Gasteiger partial charge on any atom is 0.453 e. The monoisotopic (exact) mass is 376 g/mol. The Balaban J connectivity index is 0. The highest BCUT2D eigenvalue weighted by molar-refractivity contribution is 4.75. The van der Waals surface area contributed by atoms with Gasteiger partial charge >= 0.3 is 12.1 Å². The van der Waals surface area contributed by atoms with Crippen molar-refractivity contribution in [3.63, 3.8) is 0 Å². The van der Waals surface area contributed by atoms with Crippen LogP contribution in [0, 0.1) is 0 Å². The molecule has 1 nitrogen and oxygen atoms in total. The quantitative estimate of drug-likeness (QED) is 0.244. The van der Waals surface area contributed by atoms with Gasteiger partial charge in [0.15, 0.2) is 0 Å². The molecule has 0 aliphatic carbocycles. The zero-order valence-electron chi connectivity index (χ0n) is 16.1. The Morgan fingerprint density at radius 3 is 1.52 bits per heavy atom. The molecule has 1 N–H and O–H groups in total. The number of aliphatic hydroxyl groups excluding tert-OH is 1. The van der Waals surface area contributed by atoms with Crippen molar-refractivity contribution < 1.29 is 27.1 Å². The maximum absolute atomic E-state index is 12.6. The number of alkyl halides is 5. The smallest absolute Gasteiger partial charge is 0.393 e. The highest BCUT2D eigenvalue weighted by atomic mass is 19.4. The van der Waals surface area contributed by atoms with E-state index in [2.05, 4.69) is 6.92 Å². The largest absolute Gasteiger partial charge is 0.453 e. The number of hydrogen-bond acceptors (Lipinski definition) is 1. The molecule has 6 heteroatoms. The second kappa shape index (κ2) is 15.8. The summed E-state index contributed by atoms with van der Waals surface area (Å²) in [6.45, 7) is 6.09. The minimum Gasteiger partial charge on any atom is -0.393 e. The number of unbranched alkanes of at least 4 members (excludes halogenated alkanes) is 8. The molecule has 0 amide bonds. The van der Waals surface area contributed by atoms with E-state index in [1.165, 1.54) is 0 Å². The summed E-state index contributed by atoms with van der Waals surface area (Å²) < 4.78 is 61.1. The topological polar surface area (TPSA) is 20.2 Å². The molecule has 0 aromatic rings. The summed E-state index contributed by atoms with van der Waals surface area (Å²) in [5.41, 5.74) is 0. The number of rotatable bonds is 14. The van der Waals surface area contributed by atoms with Crippen molar-refractivity contribution in [3.05, 3.63) is 0 Å². The third kappa shape index (κ3) is 15.6. The molecule has 0 spiro atoms. The first-order valence-corrected chi connectivity index (χ1v) is 9.83. The van der Waals surface area contributed by atoms with Gasteiger partial charge in [0.25, 0.3) is 0 Å². The molecule has 25 heavy (non-hydrogen) atoms. The SMILES string of the molecule is CC.CCCCC(O)CCCCCCCCCCC(F)(F)C(F)(F)F. The van der Waals surface area contributed by atoms with Crippen molar-refractivity contribution in [1.82, 2.24) is 0 Å². The predicted octanol–water partition coefficient (Wildman–Crippen LogP) is 7.66. The molecular weight excluding hydrogens is 339 g/mol. The molecule has 0 heterocycles. The standard InChI is InChI=1S/C17H31F5O.C2H6/c1-2-3-12-15(23)13-10-8-6-4-5-7-9-11-14-16(18,19)17(20,21)22;1-2/h15,23H,2-14H2,1H3;1-2H3. The number of halogens is 5. The minimum atomic E-state index is -5.42. The predicted molar refractivity (Wildman–Crippen MR) is 94.1 cm³/mol. The fourth-order valence-corrected chi connectivity index (χ4v) is 2.51. The molecule has 0 saturated heterocycles. The molecule has 1 unspecified atom stereocenters. The van der Waals surface area contributed by atoms with Crippen molar-refractivity contribution in [2.24, 2.45) is 0 Å². The van der Waals surface area contributed by atoms with E-state index in [-0.39, 0.29) is 12.5 Å². The normalized spacial score (nSPS) is 13.3. The van der Waals surface area contributed by atoms with Crippen molar-refractivity contribution >= 4 is 0 Å². The fourth-order valence-electron chi connectivity index (χ4n) is 2.51. The van der Waals surface area contributed by atoms with E-state index in [9.17, 15) is 27.1 Å². The van der Waals surface area contributed by atoms with Crippen molar-refractivity contribution in [2.75, 3.05) is 0 Å². The van der Waals surface area contributed by atoms with Crippen LogP contribution in [0.15, 0.2) is 0 Å². The number of aliphatic hydroxyl groups is 1. The highest BCUT2D eigenvalue weighted by Crippen LogP contribution is 2.39. The molecule has 0 aliphatic rings. The van der Waals surface area contributed by atoms with E-state index in [1.807, 2.05) is 13.8 Å². The minimum absolute atomic E-state index is 0.0872. The zero-order chi connectivity index (χ0) is 19.8. The van der Waals surface area contributed by atoms with Crippen molar-refractivity contribution in [3.8, 4) is 0 Å². The Bertz CT molecular complexity index is 279. The molecule has 154 valence electrons. The lowest BCUT2D eigenvalue weighted by Crippen LogP contribution is -2.36. The van der Waals surface area contributed by atoms with Gasteiger partial charge in [-0.05, 0) is 19.3 Å². The van der Waals surface area contributed by atoms with Gasteiger partial charge in [0, 0.05) is 6.42 Å². The van der Waals surface area contributed by atoms with Crippen LogP contribution in [0.25, 0.3) is 0 Å². The van der Waals surface area contributed by atoms with Crippen LogP contribution in [0.4, 0.5) is 22.0 Å². The highest BCUT2D eigenvalue weighted by Gasteiger charge is 2.56. The summed E-state index contributed by atoms with van der Waals surface area (Å²) in [6.07, 6.45) is 3.02. The van der Waals surface area contributed by atoms with Gasteiger partial charge in [-0.1, -0.05) is 78.6 Å². The first kappa shape index (κ1) is 26.8. The van der Waals surface area contributed by atoms with Crippen LogP contribution in [-0.4, -0.2) is 23.3 Å². The third-order valence-corrected chi connectivity index (χ3v) is 4.08. The summed E-state index contributed by atoms with van der Waals surface area (Å²) in [5.74, 6) is -4.55. The summed E-state index contributed by atoms with van der Waals surface area (Å²) in [6, 6.07) is 0. The molecule has 0 bridgehead atoms. The summed E-state index contributed by atoms with van der Waals surface area (Å²) in [5, 5.41) is 9.66. The van der Waals surface area contributed by atoms with Crippen LogP contribution in [0.2, 0.25) is 0 Å². The first-order chi connectivity index (χ1) is 11.7. The van der Waals surface area contributed by atoms with Gasteiger partial charge in [0.05, 0.1) is 6.10 Å². The van der Waals surface area contributed by atoms with E-state index in [1.54, 1.807) is 0 Å². The summed E-state index contributed by atoms with van der Waals surface area (Å²) in [4.78, 5) is 0. The molecular formula is C19H37F5O. The average molecular weight is 376 g/mol. The van der Waals surface area contributed by atoms with Crippen LogP contribution in [0.3, 0.4) is 0 Å². The molecule has 0 saturated carbocycles. The molecule has 0 radical (unpaired) electrons. The van der Waals surface area contributed by atoms with Crippen LogP contribution in [0.1, 0.15) is 104 Å². The Hall–Kier alpha value is -0.390. The van der Waals surface area contributed by atoms with Crippen LogP contribution in [0.5, 0.6) is 0 Å².